The van der Waals surface area contributed by atoms with E-state index >= 15 is 0 Å². The van der Waals surface area contributed by atoms with E-state index in [9.17, 15) is 4.79 Å². The van der Waals surface area contributed by atoms with Crippen molar-refractivity contribution in [2.24, 2.45) is 0 Å². The zero-order chi connectivity index (χ0) is 17.7. The number of nitrogens with zero attached hydrogens (tertiary/aromatic N) is 1. The van der Waals surface area contributed by atoms with Gasteiger partial charge in [-0.2, -0.15) is 0 Å². The number of hydrogen-bond acceptors (Lipinski definition) is 4. The summed E-state index contributed by atoms with van der Waals surface area (Å²) >= 11 is 0. The van der Waals surface area contributed by atoms with Gasteiger partial charge in [-0.25, -0.2) is 0 Å². The van der Waals surface area contributed by atoms with Crippen molar-refractivity contribution in [2.75, 3.05) is 33.5 Å². The summed E-state index contributed by atoms with van der Waals surface area (Å²) in [6.45, 7) is 2.40. The molecule has 0 aliphatic carbocycles. The van der Waals surface area contributed by atoms with E-state index in [-0.39, 0.29) is 36.8 Å². The minimum absolute atomic E-state index is 0. The second-order valence-corrected chi connectivity index (χ2v) is 6.04. The molecule has 0 aliphatic rings. The lowest BCUT2D eigenvalue weighted by molar-refractivity contribution is 0.0941. The average molecular weight is 400 g/mol. The van der Waals surface area contributed by atoms with Crippen LogP contribution in [0.4, 0.5) is 5.69 Å². The van der Waals surface area contributed by atoms with Gasteiger partial charge in [-0.1, -0.05) is 18.2 Å². The summed E-state index contributed by atoms with van der Waals surface area (Å²) in [6, 6.07) is 13.3. The molecule has 0 saturated carbocycles. The Morgan fingerprint density at radius 1 is 1.19 bits per heavy atom. The van der Waals surface area contributed by atoms with E-state index in [1.54, 1.807) is 19.2 Å². The normalized spacial score (nSPS) is 11.1. The molecule has 0 heterocycles. The highest BCUT2D eigenvalue weighted by Crippen LogP contribution is 2.22. The van der Waals surface area contributed by atoms with Gasteiger partial charge in [0.1, 0.15) is 5.75 Å². The molecule has 0 spiro atoms. The number of anilines is 1. The van der Waals surface area contributed by atoms with Gasteiger partial charge in [-0.15, -0.1) is 24.8 Å². The zero-order valence-electron chi connectivity index (χ0n) is 15.5. The van der Waals surface area contributed by atoms with E-state index in [4.69, 9.17) is 10.5 Å². The highest BCUT2D eigenvalue weighted by atomic mass is 35.5. The number of amides is 1. The van der Waals surface area contributed by atoms with E-state index in [2.05, 4.69) is 10.2 Å². The first-order valence-corrected chi connectivity index (χ1v) is 7.87. The number of hydrogen-bond donors (Lipinski definition) is 2. The minimum atomic E-state index is -0.116. The molecule has 2 aromatic carbocycles. The van der Waals surface area contributed by atoms with Gasteiger partial charge in [0.15, 0.2) is 0 Å². The number of nitrogens with two attached hydrogens (primary N) is 1. The summed E-state index contributed by atoms with van der Waals surface area (Å²) in [4.78, 5) is 14.6. The highest BCUT2D eigenvalue weighted by Gasteiger charge is 2.17. The topological polar surface area (TPSA) is 67.6 Å². The molecule has 144 valence electrons. The third-order valence-corrected chi connectivity index (χ3v) is 4.06. The summed E-state index contributed by atoms with van der Waals surface area (Å²) in [5, 5.41) is 3.01. The molecule has 1 amide bonds. The maximum Gasteiger partial charge on any atom is 0.251 e. The van der Waals surface area contributed by atoms with Gasteiger partial charge in [0, 0.05) is 17.8 Å². The van der Waals surface area contributed by atoms with Crippen LogP contribution in [-0.2, 0) is 0 Å². The van der Waals surface area contributed by atoms with Gasteiger partial charge in [0.2, 0.25) is 0 Å². The number of nitrogens with one attached hydrogen (secondary N) is 1. The van der Waals surface area contributed by atoms with Crippen LogP contribution in [0.3, 0.4) is 0 Å². The van der Waals surface area contributed by atoms with E-state index < -0.39 is 0 Å². The number of halogens is 2. The van der Waals surface area contributed by atoms with Crippen molar-refractivity contribution in [3.63, 3.8) is 0 Å². The molecule has 0 saturated heterocycles. The molecule has 1 unspecified atom stereocenters. The Kier molecular flexibility index (Phi) is 10.1. The van der Waals surface area contributed by atoms with Crippen molar-refractivity contribution in [1.29, 1.82) is 0 Å². The van der Waals surface area contributed by atoms with Crippen LogP contribution in [-0.4, -0.2) is 38.6 Å². The first-order chi connectivity index (χ1) is 11.4. The van der Waals surface area contributed by atoms with Crippen LogP contribution in [0.1, 0.15) is 27.5 Å². The smallest absolute Gasteiger partial charge is 0.251 e. The molecule has 3 N–H and O–H groups in total. The first-order valence-electron chi connectivity index (χ1n) is 7.87. The Labute approximate surface area is 167 Å². The zero-order valence-corrected chi connectivity index (χ0v) is 17.1. The van der Waals surface area contributed by atoms with Crippen molar-refractivity contribution in [1.82, 2.24) is 10.2 Å². The van der Waals surface area contributed by atoms with Crippen molar-refractivity contribution < 1.29 is 9.53 Å². The SMILES string of the molecule is COc1cccc(C(CNC(=O)c2cc(N)ccc2C)N(C)C)c1.Cl.Cl. The van der Waals surface area contributed by atoms with Crippen molar-refractivity contribution in [3.8, 4) is 5.75 Å². The van der Waals surface area contributed by atoms with Crippen LogP contribution in [0.25, 0.3) is 0 Å². The molecule has 0 fully saturated rings. The molecule has 5 nitrogen and oxygen atoms in total. The summed E-state index contributed by atoms with van der Waals surface area (Å²) in [5.41, 5.74) is 8.98. The molecule has 0 aliphatic heterocycles. The van der Waals surface area contributed by atoms with Crippen LogP contribution in [0.15, 0.2) is 42.5 Å². The molecular formula is C19H27Cl2N3O2. The second-order valence-electron chi connectivity index (χ2n) is 6.04. The number of ether oxygens (including phenoxy) is 1. The fourth-order valence-electron chi connectivity index (χ4n) is 2.62. The predicted molar refractivity (Wildman–Crippen MR) is 112 cm³/mol. The number of carbonyl (C=O) groups excluding carboxylic acids is 1. The Morgan fingerprint density at radius 2 is 1.88 bits per heavy atom. The Bertz CT molecular complexity index is 724. The number of benzene rings is 2. The van der Waals surface area contributed by atoms with Gasteiger partial charge >= 0.3 is 0 Å². The summed E-state index contributed by atoms with van der Waals surface area (Å²) in [7, 11) is 5.62. The molecule has 2 rings (SSSR count). The van der Waals surface area contributed by atoms with Crippen LogP contribution < -0.4 is 15.8 Å². The van der Waals surface area contributed by atoms with Gasteiger partial charge in [-0.05, 0) is 56.4 Å². The largest absolute Gasteiger partial charge is 0.497 e. The lowest BCUT2D eigenvalue weighted by atomic mass is 10.0. The third kappa shape index (κ3) is 6.09. The Balaban J connectivity index is 0.00000312. The standard InChI is InChI=1S/C19H25N3O2.2ClH/c1-13-8-9-15(20)11-17(13)19(23)21-12-18(22(2)3)14-6-5-7-16(10-14)24-4;;/h5-11,18H,12,20H2,1-4H3,(H,21,23);2*1H. The van der Waals surface area contributed by atoms with Gasteiger partial charge in [-0.3, -0.25) is 4.79 Å². The molecular weight excluding hydrogens is 373 g/mol. The molecule has 0 bridgehead atoms. The highest BCUT2D eigenvalue weighted by molar-refractivity contribution is 5.96. The maximum atomic E-state index is 12.5. The molecule has 0 aromatic heterocycles. The molecule has 7 heteroatoms. The number of nitrogen functional groups attached to an aromatic ring is 1. The van der Waals surface area contributed by atoms with E-state index in [0.717, 1.165) is 16.9 Å². The summed E-state index contributed by atoms with van der Waals surface area (Å²) in [6.07, 6.45) is 0. The van der Waals surface area contributed by atoms with E-state index in [0.29, 0.717) is 17.8 Å². The Hall–Kier alpha value is -1.95. The quantitative estimate of drug-likeness (QED) is 0.729. The van der Waals surface area contributed by atoms with Gasteiger partial charge in [0.25, 0.3) is 5.91 Å². The lowest BCUT2D eigenvalue weighted by Crippen LogP contribution is -2.34. The minimum Gasteiger partial charge on any atom is -0.497 e. The first kappa shape index (κ1) is 24.1. The molecule has 0 radical (unpaired) electrons. The van der Waals surface area contributed by atoms with Crippen LogP contribution in [0, 0.1) is 6.92 Å². The van der Waals surface area contributed by atoms with Gasteiger partial charge < -0.3 is 20.7 Å². The second kappa shape index (κ2) is 10.9. The number of methoxy groups -OCH3 is 1. The third-order valence-electron chi connectivity index (χ3n) is 4.06. The number of likely N-dealkylation sites (N-methyl/N-ethyl adjacent to an activating group) is 1. The summed E-state index contributed by atoms with van der Waals surface area (Å²) < 4.78 is 5.29. The van der Waals surface area contributed by atoms with E-state index in [1.807, 2.05) is 51.4 Å². The molecule has 2 aromatic rings. The number of carbonyl (C=O) groups is 1. The fraction of sp³-hybridized carbons (Fsp3) is 0.316. The van der Waals surface area contributed by atoms with Crippen molar-refractivity contribution in [2.45, 2.75) is 13.0 Å². The lowest BCUT2D eigenvalue weighted by Gasteiger charge is -2.25. The predicted octanol–water partition coefficient (Wildman–Crippen LogP) is 3.46. The summed E-state index contributed by atoms with van der Waals surface area (Å²) in [5.74, 6) is 0.687. The maximum absolute atomic E-state index is 12.5. The number of rotatable bonds is 6. The van der Waals surface area contributed by atoms with Crippen molar-refractivity contribution >= 4 is 36.4 Å². The Morgan fingerprint density at radius 3 is 2.50 bits per heavy atom. The average Bonchev–Trinajstić information content (AvgIpc) is 2.57. The molecule has 1 atom stereocenters. The molecule has 26 heavy (non-hydrogen) atoms. The number of aryl methyl sites for hydroxylation is 1. The van der Waals surface area contributed by atoms with Crippen LogP contribution in [0.2, 0.25) is 0 Å². The van der Waals surface area contributed by atoms with Crippen LogP contribution >= 0.6 is 24.8 Å². The van der Waals surface area contributed by atoms with Crippen molar-refractivity contribution in [3.05, 3.63) is 59.2 Å². The van der Waals surface area contributed by atoms with Gasteiger partial charge in [0.05, 0.1) is 13.2 Å². The van der Waals surface area contributed by atoms with Crippen LogP contribution in [0.5, 0.6) is 5.75 Å². The van der Waals surface area contributed by atoms with E-state index in [1.165, 1.54) is 0 Å². The monoisotopic (exact) mass is 399 g/mol. The fourth-order valence-corrected chi connectivity index (χ4v) is 2.62.